The third kappa shape index (κ3) is 4.27. The van der Waals surface area contributed by atoms with E-state index in [2.05, 4.69) is 4.98 Å². The zero-order valence-electron chi connectivity index (χ0n) is 11.1. The molecule has 21 heavy (non-hydrogen) atoms. The molecule has 0 saturated carbocycles. The molecule has 1 N–H and O–H groups in total. The SMILES string of the molecule is Cc1nc(SCc2cccc([N+](=O)[O-])c2)sc1CC(=O)O. The normalized spacial score (nSPS) is 10.5. The Kier molecular flexibility index (Phi) is 4.92. The lowest BCUT2D eigenvalue weighted by atomic mass is 10.2. The summed E-state index contributed by atoms with van der Waals surface area (Å²) in [7, 11) is 0. The van der Waals surface area contributed by atoms with Crippen LogP contribution < -0.4 is 0 Å². The van der Waals surface area contributed by atoms with E-state index in [1.807, 2.05) is 6.07 Å². The third-order valence-corrected chi connectivity index (χ3v) is 5.04. The number of nitro benzene ring substituents is 1. The number of non-ortho nitro benzene ring substituents is 1. The van der Waals surface area contributed by atoms with E-state index in [-0.39, 0.29) is 12.1 Å². The second-order valence-electron chi connectivity index (χ2n) is 4.27. The predicted octanol–water partition coefficient (Wildman–Crippen LogP) is 3.28. The van der Waals surface area contributed by atoms with Gasteiger partial charge in [0, 0.05) is 22.8 Å². The highest BCUT2D eigenvalue weighted by Gasteiger charge is 2.12. The highest BCUT2D eigenvalue weighted by molar-refractivity contribution is 8.00. The number of rotatable bonds is 6. The van der Waals surface area contributed by atoms with Gasteiger partial charge in [0.05, 0.1) is 17.0 Å². The van der Waals surface area contributed by atoms with Crippen molar-refractivity contribution >= 4 is 34.8 Å². The lowest BCUT2D eigenvalue weighted by molar-refractivity contribution is -0.384. The maximum absolute atomic E-state index is 10.7. The van der Waals surface area contributed by atoms with Gasteiger partial charge in [-0.3, -0.25) is 14.9 Å². The molecule has 0 aliphatic carbocycles. The molecular formula is C13H12N2O4S2. The van der Waals surface area contributed by atoms with Gasteiger partial charge >= 0.3 is 5.97 Å². The van der Waals surface area contributed by atoms with Crippen molar-refractivity contribution < 1.29 is 14.8 Å². The van der Waals surface area contributed by atoms with Crippen LogP contribution in [0.4, 0.5) is 5.69 Å². The van der Waals surface area contributed by atoms with Crippen LogP contribution in [0.5, 0.6) is 0 Å². The van der Waals surface area contributed by atoms with E-state index in [9.17, 15) is 14.9 Å². The zero-order chi connectivity index (χ0) is 15.4. The minimum absolute atomic E-state index is 0.0269. The molecule has 0 radical (unpaired) electrons. The molecule has 0 saturated heterocycles. The first kappa shape index (κ1) is 15.5. The van der Waals surface area contributed by atoms with Gasteiger partial charge in [-0.2, -0.15) is 0 Å². The number of hydrogen-bond acceptors (Lipinski definition) is 6. The Morgan fingerprint density at radius 2 is 2.29 bits per heavy atom. The number of carboxylic acids is 1. The van der Waals surface area contributed by atoms with Gasteiger partial charge in [0.1, 0.15) is 0 Å². The second-order valence-corrected chi connectivity index (χ2v) is 6.58. The summed E-state index contributed by atoms with van der Waals surface area (Å²) in [6.45, 7) is 1.78. The molecule has 2 rings (SSSR count). The van der Waals surface area contributed by atoms with Gasteiger partial charge in [0.15, 0.2) is 4.34 Å². The monoisotopic (exact) mass is 324 g/mol. The summed E-state index contributed by atoms with van der Waals surface area (Å²) in [5.74, 6) is -0.321. The zero-order valence-corrected chi connectivity index (χ0v) is 12.7. The molecule has 0 bridgehead atoms. The summed E-state index contributed by atoms with van der Waals surface area (Å²) >= 11 is 2.80. The largest absolute Gasteiger partial charge is 0.481 e. The number of aromatic nitrogens is 1. The number of carboxylic acid groups (broad SMARTS) is 1. The molecule has 0 unspecified atom stereocenters. The molecule has 2 aromatic rings. The first-order valence-electron chi connectivity index (χ1n) is 6.00. The lowest BCUT2D eigenvalue weighted by Crippen LogP contribution is -1.99. The van der Waals surface area contributed by atoms with Crippen LogP contribution in [0.2, 0.25) is 0 Å². The Balaban J connectivity index is 2.04. The Bertz CT molecular complexity index is 685. The molecule has 0 spiro atoms. The molecule has 0 aliphatic heterocycles. The first-order valence-corrected chi connectivity index (χ1v) is 7.80. The van der Waals surface area contributed by atoms with Crippen molar-refractivity contribution in [3.63, 3.8) is 0 Å². The highest BCUT2D eigenvalue weighted by atomic mass is 32.2. The van der Waals surface area contributed by atoms with Crippen LogP contribution >= 0.6 is 23.1 Å². The summed E-state index contributed by atoms with van der Waals surface area (Å²) in [5.41, 5.74) is 1.63. The van der Waals surface area contributed by atoms with Gasteiger partial charge in [0.25, 0.3) is 5.69 Å². The number of hydrogen-bond donors (Lipinski definition) is 1. The molecule has 0 aliphatic rings. The molecule has 1 aromatic carbocycles. The van der Waals surface area contributed by atoms with E-state index in [0.717, 1.165) is 20.5 Å². The van der Waals surface area contributed by atoms with Gasteiger partial charge in [-0.15, -0.1) is 11.3 Å². The topological polar surface area (TPSA) is 93.3 Å². The van der Waals surface area contributed by atoms with Crippen LogP contribution in [0.1, 0.15) is 16.1 Å². The smallest absolute Gasteiger partial charge is 0.308 e. The summed E-state index contributed by atoms with van der Waals surface area (Å²) in [4.78, 5) is 26.1. The van der Waals surface area contributed by atoms with E-state index in [4.69, 9.17) is 5.11 Å². The minimum atomic E-state index is -0.878. The van der Waals surface area contributed by atoms with Gasteiger partial charge in [-0.05, 0) is 12.5 Å². The maximum atomic E-state index is 10.7. The molecular weight excluding hydrogens is 312 g/mol. The van der Waals surface area contributed by atoms with Crippen molar-refractivity contribution in [2.75, 3.05) is 0 Å². The van der Waals surface area contributed by atoms with Crippen molar-refractivity contribution in [1.82, 2.24) is 4.98 Å². The molecule has 1 heterocycles. The van der Waals surface area contributed by atoms with Crippen LogP contribution in [-0.4, -0.2) is 21.0 Å². The number of aliphatic carboxylic acids is 1. The van der Waals surface area contributed by atoms with Crippen molar-refractivity contribution in [2.24, 2.45) is 0 Å². The fraction of sp³-hybridized carbons (Fsp3) is 0.231. The summed E-state index contributed by atoms with van der Waals surface area (Å²) < 4.78 is 0.773. The number of thioether (sulfide) groups is 1. The summed E-state index contributed by atoms with van der Waals surface area (Å²) in [6.07, 6.45) is -0.0269. The number of benzene rings is 1. The molecule has 6 nitrogen and oxygen atoms in total. The number of aryl methyl sites for hydroxylation is 1. The quantitative estimate of drug-likeness (QED) is 0.498. The fourth-order valence-corrected chi connectivity index (χ4v) is 3.84. The predicted molar refractivity (Wildman–Crippen MR) is 80.8 cm³/mol. The number of nitro groups is 1. The number of thiazole rings is 1. The minimum Gasteiger partial charge on any atom is -0.481 e. The number of nitrogens with zero attached hydrogens (tertiary/aromatic N) is 2. The molecule has 8 heteroatoms. The van der Waals surface area contributed by atoms with Crippen LogP contribution in [0, 0.1) is 17.0 Å². The van der Waals surface area contributed by atoms with Gasteiger partial charge < -0.3 is 5.11 Å². The lowest BCUT2D eigenvalue weighted by Gasteiger charge is -1.99. The van der Waals surface area contributed by atoms with E-state index < -0.39 is 10.9 Å². The highest BCUT2D eigenvalue weighted by Crippen LogP contribution is 2.30. The first-order chi connectivity index (χ1) is 9.95. The molecule has 0 atom stereocenters. The van der Waals surface area contributed by atoms with Crippen LogP contribution in [0.25, 0.3) is 0 Å². The molecule has 110 valence electrons. The average Bonchev–Trinajstić information content (AvgIpc) is 2.76. The molecule has 1 aromatic heterocycles. The molecule has 0 fully saturated rings. The molecule has 0 amide bonds. The average molecular weight is 324 g/mol. The van der Waals surface area contributed by atoms with Gasteiger partial charge in [-0.25, -0.2) is 4.98 Å². The van der Waals surface area contributed by atoms with E-state index in [1.54, 1.807) is 13.0 Å². The van der Waals surface area contributed by atoms with Crippen LogP contribution in [0.15, 0.2) is 28.6 Å². The van der Waals surface area contributed by atoms with Gasteiger partial charge in [-0.1, -0.05) is 23.9 Å². The summed E-state index contributed by atoms with van der Waals surface area (Å²) in [6, 6.07) is 6.45. The second kappa shape index (κ2) is 6.68. The number of carbonyl (C=O) groups is 1. The van der Waals surface area contributed by atoms with Crippen molar-refractivity contribution in [3.05, 3.63) is 50.5 Å². The van der Waals surface area contributed by atoms with Crippen molar-refractivity contribution in [1.29, 1.82) is 0 Å². The Hall–Kier alpha value is -1.93. The van der Waals surface area contributed by atoms with Crippen molar-refractivity contribution in [3.8, 4) is 0 Å². The van der Waals surface area contributed by atoms with E-state index in [0.29, 0.717) is 5.75 Å². The third-order valence-electron chi connectivity index (χ3n) is 2.67. The standard InChI is InChI=1S/C13H12N2O4S2/c1-8-11(6-12(16)17)21-13(14-8)20-7-9-3-2-4-10(5-9)15(18)19/h2-5H,6-7H2,1H3,(H,16,17). The Labute approximate surface area is 129 Å². The summed E-state index contributed by atoms with van der Waals surface area (Å²) in [5, 5.41) is 19.5. The Morgan fingerprint density at radius 3 is 2.95 bits per heavy atom. The van der Waals surface area contributed by atoms with E-state index >= 15 is 0 Å². The van der Waals surface area contributed by atoms with Crippen molar-refractivity contribution in [2.45, 2.75) is 23.4 Å². The maximum Gasteiger partial charge on any atom is 0.308 e. The van der Waals surface area contributed by atoms with Crippen LogP contribution in [0.3, 0.4) is 0 Å². The van der Waals surface area contributed by atoms with Crippen LogP contribution in [-0.2, 0) is 17.0 Å². The van der Waals surface area contributed by atoms with E-state index in [1.165, 1.54) is 35.2 Å². The van der Waals surface area contributed by atoms with Gasteiger partial charge in [0.2, 0.25) is 0 Å². The Morgan fingerprint density at radius 1 is 1.52 bits per heavy atom. The fourth-order valence-electron chi connectivity index (χ4n) is 1.67.